The fourth-order valence-electron chi connectivity index (χ4n) is 4.11. The molecule has 5 heteroatoms. The molecule has 0 radical (unpaired) electrons. The molecule has 0 fully saturated rings. The maximum absolute atomic E-state index is 5.55. The van der Waals surface area contributed by atoms with Gasteiger partial charge < -0.3 is 14.4 Å². The van der Waals surface area contributed by atoms with Crippen LogP contribution in [0.2, 0.25) is 0 Å². The minimum absolute atomic E-state index is 0.0588. The van der Waals surface area contributed by atoms with E-state index in [0.717, 1.165) is 36.1 Å². The molecule has 23 heavy (non-hydrogen) atoms. The summed E-state index contributed by atoms with van der Waals surface area (Å²) in [6.07, 6.45) is 4.11. The van der Waals surface area contributed by atoms with Crippen molar-refractivity contribution in [2.75, 3.05) is 27.0 Å². The number of rotatable bonds is 2. The van der Waals surface area contributed by atoms with E-state index in [1.54, 1.807) is 26.0 Å². The molecule has 0 aromatic heterocycles. The number of hydrogen-bond acceptors (Lipinski definition) is 5. The third-order valence-electron chi connectivity index (χ3n) is 4.98. The van der Waals surface area contributed by atoms with Gasteiger partial charge in [-0.15, -0.1) is 0 Å². The zero-order valence-corrected chi connectivity index (χ0v) is 15.7. The van der Waals surface area contributed by atoms with E-state index < -0.39 is 0 Å². The minimum atomic E-state index is -0.0641. The van der Waals surface area contributed by atoms with E-state index in [0.29, 0.717) is 0 Å². The number of nitrogens with zero attached hydrogens (tertiary/aromatic N) is 2. The average Bonchev–Trinajstić information content (AvgIpc) is 2.51. The lowest BCUT2D eigenvalue weighted by molar-refractivity contribution is 0.121. The quantitative estimate of drug-likeness (QED) is 0.826. The Labute approximate surface area is 143 Å². The van der Waals surface area contributed by atoms with Gasteiger partial charge in [0.25, 0.3) is 0 Å². The monoisotopic (exact) mass is 334 g/mol. The lowest BCUT2D eigenvalue weighted by atomic mass is 9.74. The summed E-state index contributed by atoms with van der Waals surface area (Å²) in [5.74, 6) is 1.62. The normalized spacial score (nSPS) is 25.3. The molecule has 1 aromatic carbocycles. The summed E-state index contributed by atoms with van der Waals surface area (Å²) in [6.45, 7) is 7.78. The number of methoxy groups -OCH3 is 2. The molecule has 126 valence electrons. The van der Waals surface area contributed by atoms with Crippen molar-refractivity contribution < 1.29 is 9.47 Å². The first-order valence-electron chi connectivity index (χ1n) is 8.01. The molecular weight excluding hydrogens is 308 g/mol. The van der Waals surface area contributed by atoms with E-state index in [2.05, 4.69) is 44.1 Å². The number of fused-ring (bicyclic) bond motifs is 3. The van der Waals surface area contributed by atoms with Crippen LogP contribution in [0.1, 0.15) is 38.3 Å². The van der Waals surface area contributed by atoms with Gasteiger partial charge in [0.15, 0.2) is 16.7 Å². The second-order valence-corrected chi connectivity index (χ2v) is 7.90. The molecule has 0 aliphatic carbocycles. The third kappa shape index (κ3) is 2.59. The number of hydrogen-bond donors (Lipinski definition) is 0. The van der Waals surface area contributed by atoms with E-state index in [4.69, 9.17) is 14.5 Å². The van der Waals surface area contributed by atoms with Crippen molar-refractivity contribution in [3.8, 4) is 11.5 Å². The lowest BCUT2D eigenvalue weighted by Crippen LogP contribution is -2.57. The zero-order chi connectivity index (χ0) is 16.8. The Morgan fingerprint density at radius 1 is 1.13 bits per heavy atom. The second-order valence-electron chi connectivity index (χ2n) is 7.13. The van der Waals surface area contributed by atoms with Crippen LogP contribution in [-0.2, 0) is 12.0 Å². The van der Waals surface area contributed by atoms with Gasteiger partial charge in [0.2, 0.25) is 0 Å². The van der Waals surface area contributed by atoms with Crippen molar-refractivity contribution >= 4 is 16.9 Å². The van der Waals surface area contributed by atoms with Gasteiger partial charge in [0.05, 0.1) is 25.3 Å². The lowest BCUT2D eigenvalue weighted by Gasteiger charge is -2.53. The molecule has 3 rings (SSSR count). The Kier molecular flexibility index (Phi) is 4.03. The highest BCUT2D eigenvalue weighted by molar-refractivity contribution is 8.13. The fourth-order valence-corrected chi connectivity index (χ4v) is 4.96. The first kappa shape index (κ1) is 16.5. The Morgan fingerprint density at radius 3 is 2.39 bits per heavy atom. The Balaban J connectivity index is 2.17. The minimum Gasteiger partial charge on any atom is -0.493 e. The summed E-state index contributed by atoms with van der Waals surface area (Å²) in [5.41, 5.74) is 2.58. The van der Waals surface area contributed by atoms with Crippen LogP contribution in [0.3, 0.4) is 0 Å². The van der Waals surface area contributed by atoms with Crippen molar-refractivity contribution in [3.05, 3.63) is 23.3 Å². The number of aliphatic imine (C=N–C) groups is 1. The molecule has 0 spiro atoms. The van der Waals surface area contributed by atoms with Crippen LogP contribution < -0.4 is 9.47 Å². The third-order valence-corrected chi connectivity index (χ3v) is 5.66. The van der Waals surface area contributed by atoms with E-state index >= 15 is 0 Å². The van der Waals surface area contributed by atoms with Gasteiger partial charge in [0.1, 0.15) is 0 Å². The van der Waals surface area contributed by atoms with Crippen molar-refractivity contribution in [1.29, 1.82) is 0 Å². The van der Waals surface area contributed by atoms with Crippen molar-refractivity contribution in [1.82, 2.24) is 4.90 Å². The van der Waals surface area contributed by atoms with Gasteiger partial charge in [0, 0.05) is 6.54 Å². The van der Waals surface area contributed by atoms with Crippen LogP contribution in [0, 0.1) is 0 Å². The summed E-state index contributed by atoms with van der Waals surface area (Å²) in [7, 11) is 3.40. The van der Waals surface area contributed by atoms with Gasteiger partial charge in [-0.2, -0.15) is 0 Å². The van der Waals surface area contributed by atoms with E-state index in [1.165, 1.54) is 11.1 Å². The topological polar surface area (TPSA) is 34.1 Å². The molecule has 2 aliphatic heterocycles. The SMILES string of the molecule is COc1cc2c(cc1OC)C1(C)CC(C)(C)N=C(SC)N1CC2. The molecule has 0 N–H and O–H groups in total. The molecule has 0 saturated heterocycles. The fraction of sp³-hybridized carbons (Fsp3) is 0.611. The molecule has 0 amide bonds. The van der Waals surface area contributed by atoms with Crippen LogP contribution >= 0.6 is 11.8 Å². The van der Waals surface area contributed by atoms with Gasteiger partial charge in [-0.05, 0) is 63.1 Å². The molecule has 0 saturated carbocycles. The van der Waals surface area contributed by atoms with E-state index in [-0.39, 0.29) is 11.1 Å². The molecule has 2 heterocycles. The molecular formula is C18H26N2O2S. The summed E-state index contributed by atoms with van der Waals surface area (Å²) < 4.78 is 11.0. The zero-order valence-electron chi connectivity index (χ0n) is 14.9. The van der Waals surface area contributed by atoms with Gasteiger partial charge in [-0.25, -0.2) is 0 Å². The Morgan fingerprint density at radius 2 is 1.78 bits per heavy atom. The summed E-state index contributed by atoms with van der Waals surface area (Å²) in [4.78, 5) is 7.43. The van der Waals surface area contributed by atoms with Crippen LogP contribution in [0.15, 0.2) is 17.1 Å². The van der Waals surface area contributed by atoms with Crippen LogP contribution in [0.25, 0.3) is 0 Å². The highest BCUT2D eigenvalue weighted by Crippen LogP contribution is 2.48. The van der Waals surface area contributed by atoms with Crippen LogP contribution in [-0.4, -0.2) is 42.6 Å². The average molecular weight is 334 g/mol. The maximum atomic E-state index is 5.55. The predicted molar refractivity (Wildman–Crippen MR) is 97.0 cm³/mol. The number of ether oxygens (including phenoxy) is 2. The number of benzene rings is 1. The summed E-state index contributed by atoms with van der Waals surface area (Å²) in [6, 6.07) is 4.31. The van der Waals surface area contributed by atoms with Gasteiger partial charge in [-0.3, -0.25) is 4.99 Å². The highest BCUT2D eigenvalue weighted by atomic mass is 32.2. The number of amidine groups is 1. The second kappa shape index (κ2) is 5.62. The van der Waals surface area contributed by atoms with Crippen molar-refractivity contribution in [2.45, 2.75) is 44.7 Å². The predicted octanol–water partition coefficient (Wildman–Crippen LogP) is 3.68. The molecule has 2 aliphatic rings. The Bertz CT molecular complexity index is 657. The standard InChI is InChI=1S/C18H26N2O2S/c1-17(2)11-18(3)13-10-15(22-5)14(21-4)9-12(13)7-8-20(18)16(19-17)23-6/h9-10H,7-8,11H2,1-6H3. The summed E-state index contributed by atoms with van der Waals surface area (Å²) in [5, 5.41) is 1.14. The van der Waals surface area contributed by atoms with Crippen molar-refractivity contribution in [3.63, 3.8) is 0 Å². The first-order chi connectivity index (χ1) is 10.8. The molecule has 1 atom stereocenters. The summed E-state index contributed by atoms with van der Waals surface area (Å²) >= 11 is 1.74. The van der Waals surface area contributed by atoms with E-state index in [9.17, 15) is 0 Å². The molecule has 1 unspecified atom stereocenters. The molecule has 4 nitrogen and oxygen atoms in total. The Hall–Kier alpha value is -1.36. The van der Waals surface area contributed by atoms with Crippen molar-refractivity contribution in [2.24, 2.45) is 4.99 Å². The van der Waals surface area contributed by atoms with Gasteiger partial charge in [-0.1, -0.05) is 11.8 Å². The van der Waals surface area contributed by atoms with E-state index in [1.807, 2.05) is 0 Å². The largest absolute Gasteiger partial charge is 0.493 e. The van der Waals surface area contributed by atoms with Gasteiger partial charge >= 0.3 is 0 Å². The van der Waals surface area contributed by atoms with Crippen LogP contribution in [0.5, 0.6) is 11.5 Å². The first-order valence-corrected chi connectivity index (χ1v) is 9.24. The highest BCUT2D eigenvalue weighted by Gasteiger charge is 2.47. The molecule has 1 aromatic rings. The maximum Gasteiger partial charge on any atom is 0.161 e. The number of thioether (sulfide) groups is 1. The van der Waals surface area contributed by atoms with Crippen LogP contribution in [0.4, 0.5) is 0 Å². The molecule has 0 bridgehead atoms. The smallest absolute Gasteiger partial charge is 0.161 e.